The van der Waals surface area contributed by atoms with Gasteiger partial charge < -0.3 is 19.5 Å². The van der Waals surface area contributed by atoms with Crippen molar-refractivity contribution >= 4 is 17.6 Å². The van der Waals surface area contributed by atoms with Crippen LogP contribution in [0.15, 0.2) is 49.1 Å². The average molecular weight is 479 g/mol. The molecule has 0 spiro atoms. The predicted octanol–water partition coefficient (Wildman–Crippen LogP) is -1.63. The first-order valence-electron chi connectivity index (χ1n) is 11.0. The molecule has 178 valence electrons. The number of amides is 2. The topological polar surface area (TPSA) is 123 Å². The van der Waals surface area contributed by atoms with E-state index in [1.165, 1.54) is 35.4 Å². The molecule has 12 heteroatoms. The van der Waals surface area contributed by atoms with Crippen molar-refractivity contribution in [3.63, 3.8) is 0 Å². The number of ether oxygens (including phenoxy) is 1. The Balaban J connectivity index is 0.00000304. The fourth-order valence-corrected chi connectivity index (χ4v) is 4.13. The summed E-state index contributed by atoms with van der Waals surface area (Å²) in [5.41, 5.74) is 1.49. The Kier molecular flexibility index (Phi) is 7.24. The molecule has 0 aliphatic carbocycles. The molecular formula is C24H22LiN7O4. The maximum Gasteiger partial charge on any atom is 1.00 e. The molecule has 1 aromatic carbocycles. The van der Waals surface area contributed by atoms with Gasteiger partial charge in [-0.1, -0.05) is 18.2 Å². The Hall–Kier alpha value is -3.94. The number of pyridine rings is 1. The number of piperazine rings is 1. The van der Waals surface area contributed by atoms with Gasteiger partial charge in [0.25, 0.3) is 11.8 Å². The third kappa shape index (κ3) is 4.50. The summed E-state index contributed by atoms with van der Waals surface area (Å²) in [5, 5.41) is 4.26. The standard InChI is InChI=1S/C24H22N7O4.Li/c1-15-27-14-31(28-15)22-20-19(18(35-2)13-26-22)17(12-25-20)21(32)24(34)30-10-8-29(9-11-30)23(33)16-6-4-3-5-7-16;/h3-7,12-14H,8-11H2,1-2H3;/q-1;+1. The Bertz CT molecular complexity index is 1380. The molecular weight excluding hydrogens is 457 g/mol. The van der Waals surface area contributed by atoms with Crippen LogP contribution in [0.25, 0.3) is 17.1 Å². The second kappa shape index (κ2) is 10.4. The maximum atomic E-state index is 13.3. The van der Waals surface area contributed by atoms with E-state index in [0.29, 0.717) is 47.3 Å². The summed E-state index contributed by atoms with van der Waals surface area (Å²) in [6.45, 7) is 2.96. The first-order valence-corrected chi connectivity index (χ1v) is 11.0. The van der Waals surface area contributed by atoms with Crippen LogP contribution in [0.1, 0.15) is 26.5 Å². The number of ketones is 1. The number of hydrogen-bond donors (Lipinski definition) is 0. The smallest absolute Gasteiger partial charge is 0.514 e. The van der Waals surface area contributed by atoms with Crippen molar-refractivity contribution < 1.29 is 38.0 Å². The molecule has 0 bridgehead atoms. The van der Waals surface area contributed by atoms with Gasteiger partial charge in [-0.2, -0.15) is 5.10 Å². The number of methoxy groups -OCH3 is 1. The number of carbonyl (C=O) groups excluding carboxylic acids is 3. The van der Waals surface area contributed by atoms with E-state index in [0.717, 1.165) is 0 Å². The van der Waals surface area contributed by atoms with Crippen LogP contribution in [-0.2, 0) is 4.79 Å². The average Bonchev–Trinajstić information content (AvgIpc) is 3.54. The molecule has 2 amide bonds. The zero-order valence-electron chi connectivity index (χ0n) is 20.2. The van der Waals surface area contributed by atoms with Crippen LogP contribution < -0.4 is 23.6 Å². The van der Waals surface area contributed by atoms with Gasteiger partial charge in [0.15, 0.2) is 0 Å². The van der Waals surface area contributed by atoms with Crippen LogP contribution in [0.4, 0.5) is 0 Å². The first kappa shape index (κ1) is 25.2. The number of fused-ring (bicyclic) bond motifs is 1. The number of aromatic nitrogens is 5. The molecule has 4 heterocycles. The number of Topliss-reactive ketones (excluding diaryl/α,β-unsaturated/α-hetero) is 1. The van der Waals surface area contributed by atoms with Gasteiger partial charge >= 0.3 is 18.9 Å². The predicted molar refractivity (Wildman–Crippen MR) is 124 cm³/mol. The summed E-state index contributed by atoms with van der Waals surface area (Å²) in [6, 6.07) is 8.98. The van der Waals surface area contributed by atoms with Crippen LogP contribution in [0, 0.1) is 6.92 Å². The van der Waals surface area contributed by atoms with Gasteiger partial charge in [-0.05, 0) is 30.8 Å². The summed E-state index contributed by atoms with van der Waals surface area (Å²) < 4.78 is 6.87. The molecule has 1 aromatic heterocycles. The fourth-order valence-electron chi connectivity index (χ4n) is 4.13. The van der Waals surface area contributed by atoms with Crippen LogP contribution in [0.5, 0.6) is 5.75 Å². The quantitative estimate of drug-likeness (QED) is 0.145. The van der Waals surface area contributed by atoms with Crippen molar-refractivity contribution in [2.45, 2.75) is 6.92 Å². The minimum absolute atomic E-state index is 0. The SMILES string of the molecule is COc1cn[c-](-n2cnc(C)n2)c2ncc(C(=O)C(=O)N3CCN(C(=O)c4ccccc4)CC3)c1-2.[Li+]. The summed E-state index contributed by atoms with van der Waals surface area (Å²) in [7, 11) is 1.46. The summed E-state index contributed by atoms with van der Waals surface area (Å²) >= 11 is 0. The molecule has 3 aliphatic rings. The van der Waals surface area contributed by atoms with Crippen LogP contribution >= 0.6 is 0 Å². The molecule has 5 rings (SSSR count). The van der Waals surface area contributed by atoms with Crippen molar-refractivity contribution in [2.24, 2.45) is 0 Å². The summed E-state index contributed by atoms with van der Waals surface area (Å²) in [5.74, 6) is -0.181. The molecule has 2 aromatic rings. The van der Waals surface area contributed by atoms with E-state index in [1.54, 1.807) is 24.0 Å². The van der Waals surface area contributed by atoms with E-state index in [4.69, 9.17) is 4.74 Å². The molecule has 1 saturated heterocycles. The number of rotatable bonds is 5. The van der Waals surface area contributed by atoms with E-state index >= 15 is 0 Å². The second-order valence-electron chi connectivity index (χ2n) is 8.06. The molecule has 0 unspecified atom stereocenters. The maximum absolute atomic E-state index is 13.3. The largest absolute Gasteiger partial charge is 1.00 e. The van der Waals surface area contributed by atoms with Crippen LogP contribution in [0.3, 0.4) is 0 Å². The van der Waals surface area contributed by atoms with Gasteiger partial charge in [-0.15, -0.1) is 0 Å². The van der Waals surface area contributed by atoms with Gasteiger partial charge in [0.1, 0.15) is 5.82 Å². The van der Waals surface area contributed by atoms with E-state index in [-0.39, 0.29) is 43.4 Å². The van der Waals surface area contributed by atoms with Crippen LogP contribution in [-0.4, -0.2) is 85.4 Å². The number of carbonyl (C=O) groups is 3. The first-order chi connectivity index (χ1) is 17.0. The third-order valence-electron chi connectivity index (χ3n) is 5.95. The Morgan fingerprint density at radius 1 is 0.972 bits per heavy atom. The Morgan fingerprint density at radius 3 is 2.31 bits per heavy atom. The minimum Gasteiger partial charge on any atom is -0.514 e. The van der Waals surface area contributed by atoms with Gasteiger partial charge in [0.2, 0.25) is 5.78 Å². The molecule has 0 N–H and O–H groups in total. The van der Waals surface area contributed by atoms with Gasteiger partial charge in [-0.3, -0.25) is 29.0 Å². The van der Waals surface area contributed by atoms with Crippen molar-refractivity contribution in [1.82, 2.24) is 34.5 Å². The van der Waals surface area contributed by atoms with Crippen LogP contribution in [0.2, 0.25) is 0 Å². The number of benzene rings is 1. The van der Waals surface area contributed by atoms with E-state index in [2.05, 4.69) is 20.1 Å². The van der Waals surface area contributed by atoms with Gasteiger partial charge in [0.05, 0.1) is 18.7 Å². The van der Waals surface area contributed by atoms with E-state index < -0.39 is 11.7 Å². The van der Waals surface area contributed by atoms with Gasteiger partial charge in [-0.25, -0.2) is 0 Å². The Morgan fingerprint density at radius 2 is 1.67 bits per heavy atom. The van der Waals surface area contributed by atoms with Crippen molar-refractivity contribution in [1.29, 1.82) is 0 Å². The molecule has 3 aliphatic heterocycles. The summed E-state index contributed by atoms with van der Waals surface area (Å²) in [6.07, 6.45) is 4.32. The molecule has 11 nitrogen and oxygen atoms in total. The Labute approximate surface area is 219 Å². The number of nitrogens with zero attached hydrogens (tertiary/aromatic N) is 7. The van der Waals surface area contributed by atoms with Crippen molar-refractivity contribution in [3.8, 4) is 22.8 Å². The molecule has 0 saturated carbocycles. The second-order valence-corrected chi connectivity index (χ2v) is 8.06. The normalized spacial score (nSPS) is 13.4. The molecule has 36 heavy (non-hydrogen) atoms. The molecule has 0 atom stereocenters. The number of aryl methyl sites for hydroxylation is 1. The number of hydrogen-bond acceptors (Lipinski definition) is 8. The fraction of sp³-hybridized carbons (Fsp3) is 0.250. The minimum atomic E-state index is -0.694. The zero-order chi connectivity index (χ0) is 24.5. The molecule has 1 fully saturated rings. The van der Waals surface area contributed by atoms with Gasteiger partial charge in [0, 0.05) is 55.5 Å². The van der Waals surface area contributed by atoms with Crippen molar-refractivity contribution in [2.75, 3.05) is 33.3 Å². The molecule has 0 radical (unpaired) electrons. The van der Waals surface area contributed by atoms with Crippen molar-refractivity contribution in [3.05, 3.63) is 66.0 Å². The van der Waals surface area contributed by atoms with E-state index in [9.17, 15) is 14.4 Å². The monoisotopic (exact) mass is 479 g/mol. The summed E-state index contributed by atoms with van der Waals surface area (Å²) in [4.78, 5) is 55.0. The zero-order valence-corrected chi connectivity index (χ0v) is 20.2. The third-order valence-corrected chi connectivity index (χ3v) is 5.95. The van der Waals surface area contributed by atoms with E-state index in [1.807, 2.05) is 18.2 Å².